The van der Waals surface area contributed by atoms with Crippen LogP contribution < -0.4 is 10.6 Å². The Morgan fingerprint density at radius 2 is 1.90 bits per heavy atom. The molecular formula is C20H23FN4O5S. The zero-order chi connectivity index (χ0) is 22.4. The van der Waals surface area contributed by atoms with E-state index < -0.39 is 33.9 Å². The highest BCUT2D eigenvalue weighted by Crippen LogP contribution is 2.23. The standard InChI is InChI=1S/C20H23FN4O5S/c1-14-11-16(3-4-17(14)21)31(28,29)25-9-2-10-30-18(25)13-24-20(27)19(26)23-12-15-5-7-22-8-6-15/h3-8,11,18H,2,9-10,12-13H2,1H3,(H,23,26)(H,24,27)/t18-/m0/s1. The van der Waals surface area contributed by atoms with E-state index in [1.165, 1.54) is 19.1 Å². The van der Waals surface area contributed by atoms with Crippen molar-refractivity contribution < 1.29 is 27.1 Å². The Kier molecular flexibility index (Phi) is 7.31. The number of hydrogen-bond donors (Lipinski definition) is 2. The SMILES string of the molecule is Cc1cc(S(=O)(=O)N2CCCO[C@H]2CNC(=O)C(=O)NCc2ccncc2)ccc1F. The molecule has 1 fully saturated rings. The van der Waals surface area contributed by atoms with Gasteiger partial charge in [0.25, 0.3) is 0 Å². The van der Waals surface area contributed by atoms with Crippen LogP contribution in [0.3, 0.4) is 0 Å². The van der Waals surface area contributed by atoms with Crippen molar-refractivity contribution in [1.82, 2.24) is 19.9 Å². The monoisotopic (exact) mass is 450 g/mol. The van der Waals surface area contributed by atoms with E-state index in [-0.39, 0.29) is 30.1 Å². The van der Waals surface area contributed by atoms with Crippen molar-refractivity contribution in [3.05, 3.63) is 59.7 Å². The highest BCUT2D eigenvalue weighted by Gasteiger charge is 2.35. The van der Waals surface area contributed by atoms with Crippen molar-refractivity contribution in [2.75, 3.05) is 19.7 Å². The summed E-state index contributed by atoms with van der Waals surface area (Å²) in [6.07, 6.45) is 2.62. The molecular weight excluding hydrogens is 427 g/mol. The van der Waals surface area contributed by atoms with Crippen molar-refractivity contribution in [1.29, 1.82) is 0 Å². The van der Waals surface area contributed by atoms with E-state index in [4.69, 9.17) is 4.74 Å². The summed E-state index contributed by atoms with van der Waals surface area (Å²) >= 11 is 0. The number of aromatic nitrogens is 1. The fraction of sp³-hybridized carbons (Fsp3) is 0.350. The number of benzene rings is 1. The highest BCUT2D eigenvalue weighted by atomic mass is 32.2. The number of hydrogen-bond acceptors (Lipinski definition) is 6. The van der Waals surface area contributed by atoms with Gasteiger partial charge in [-0.2, -0.15) is 4.31 Å². The molecule has 3 rings (SSSR count). The summed E-state index contributed by atoms with van der Waals surface area (Å²) in [5.41, 5.74) is 0.980. The molecule has 1 saturated heterocycles. The maximum absolute atomic E-state index is 13.5. The molecule has 9 nitrogen and oxygen atoms in total. The molecule has 0 saturated carbocycles. The molecule has 1 aliphatic rings. The van der Waals surface area contributed by atoms with Gasteiger partial charge in [0.2, 0.25) is 10.0 Å². The van der Waals surface area contributed by atoms with Gasteiger partial charge in [-0.3, -0.25) is 14.6 Å². The van der Waals surface area contributed by atoms with Crippen LogP contribution in [-0.2, 0) is 30.9 Å². The number of rotatable bonds is 6. The number of carbonyl (C=O) groups is 2. The average molecular weight is 450 g/mol. The number of aryl methyl sites for hydroxylation is 1. The number of halogens is 1. The molecule has 1 aromatic heterocycles. The normalized spacial score (nSPS) is 17.2. The summed E-state index contributed by atoms with van der Waals surface area (Å²) in [6.45, 7) is 1.90. The lowest BCUT2D eigenvalue weighted by Gasteiger charge is -2.34. The second-order valence-corrected chi connectivity index (χ2v) is 8.84. The first-order chi connectivity index (χ1) is 14.8. The van der Waals surface area contributed by atoms with E-state index in [1.807, 2.05) is 0 Å². The maximum atomic E-state index is 13.5. The van der Waals surface area contributed by atoms with Crippen LogP contribution in [0.1, 0.15) is 17.5 Å². The average Bonchev–Trinajstić information content (AvgIpc) is 2.78. The molecule has 166 valence electrons. The van der Waals surface area contributed by atoms with Crippen LogP contribution in [0.5, 0.6) is 0 Å². The first-order valence-electron chi connectivity index (χ1n) is 9.63. The third kappa shape index (κ3) is 5.63. The summed E-state index contributed by atoms with van der Waals surface area (Å²) < 4.78 is 46.2. The van der Waals surface area contributed by atoms with E-state index in [1.54, 1.807) is 24.5 Å². The van der Waals surface area contributed by atoms with Gasteiger partial charge in [-0.25, -0.2) is 12.8 Å². The Labute approximate surface area is 179 Å². The quantitative estimate of drug-likeness (QED) is 0.626. The number of nitrogens with zero attached hydrogens (tertiary/aromatic N) is 2. The molecule has 1 aromatic carbocycles. The molecule has 1 aliphatic heterocycles. The summed E-state index contributed by atoms with van der Waals surface area (Å²) in [4.78, 5) is 27.9. The fourth-order valence-corrected chi connectivity index (χ4v) is 4.69. The third-order valence-electron chi connectivity index (χ3n) is 4.74. The zero-order valence-electron chi connectivity index (χ0n) is 16.9. The van der Waals surface area contributed by atoms with Crippen LogP contribution in [0.4, 0.5) is 4.39 Å². The minimum atomic E-state index is -3.98. The predicted octanol–water partition coefficient (Wildman–Crippen LogP) is 0.699. The molecule has 0 aliphatic carbocycles. The molecule has 0 unspecified atom stereocenters. The van der Waals surface area contributed by atoms with Crippen LogP contribution >= 0.6 is 0 Å². The molecule has 0 bridgehead atoms. The third-order valence-corrected chi connectivity index (χ3v) is 6.62. The largest absolute Gasteiger partial charge is 0.360 e. The molecule has 2 N–H and O–H groups in total. The van der Waals surface area contributed by atoms with Gasteiger partial charge in [0.15, 0.2) is 0 Å². The Morgan fingerprint density at radius 3 is 2.61 bits per heavy atom. The van der Waals surface area contributed by atoms with E-state index >= 15 is 0 Å². The van der Waals surface area contributed by atoms with Gasteiger partial charge in [-0.05, 0) is 54.8 Å². The number of ether oxygens (including phenoxy) is 1. The van der Waals surface area contributed by atoms with Crippen molar-refractivity contribution in [3.63, 3.8) is 0 Å². The lowest BCUT2D eigenvalue weighted by Crippen LogP contribution is -2.53. The number of amides is 2. The Morgan fingerprint density at radius 1 is 1.19 bits per heavy atom. The van der Waals surface area contributed by atoms with Gasteiger partial charge in [-0.1, -0.05) is 0 Å². The van der Waals surface area contributed by atoms with Crippen LogP contribution in [0.2, 0.25) is 0 Å². The second-order valence-electron chi connectivity index (χ2n) is 6.95. The summed E-state index contributed by atoms with van der Waals surface area (Å²) in [5, 5.41) is 4.89. The molecule has 2 amide bonds. The Hall–Kier alpha value is -2.89. The van der Waals surface area contributed by atoms with E-state index in [0.29, 0.717) is 13.0 Å². The van der Waals surface area contributed by atoms with E-state index in [0.717, 1.165) is 15.9 Å². The topological polar surface area (TPSA) is 118 Å². The van der Waals surface area contributed by atoms with Gasteiger partial charge in [0.1, 0.15) is 12.0 Å². The Bertz CT molecular complexity index is 1050. The van der Waals surface area contributed by atoms with Gasteiger partial charge in [0, 0.05) is 25.5 Å². The predicted molar refractivity (Wildman–Crippen MR) is 108 cm³/mol. The van der Waals surface area contributed by atoms with Crippen LogP contribution in [0.25, 0.3) is 0 Å². The smallest absolute Gasteiger partial charge is 0.309 e. The van der Waals surface area contributed by atoms with Crippen LogP contribution in [0.15, 0.2) is 47.6 Å². The highest BCUT2D eigenvalue weighted by molar-refractivity contribution is 7.89. The number of carbonyl (C=O) groups excluding carboxylic acids is 2. The lowest BCUT2D eigenvalue weighted by atomic mass is 10.2. The van der Waals surface area contributed by atoms with Gasteiger partial charge >= 0.3 is 11.8 Å². The Balaban J connectivity index is 1.62. The fourth-order valence-electron chi connectivity index (χ4n) is 3.04. The maximum Gasteiger partial charge on any atom is 0.309 e. The van der Waals surface area contributed by atoms with Crippen molar-refractivity contribution in [2.24, 2.45) is 0 Å². The molecule has 2 aromatic rings. The molecule has 0 radical (unpaired) electrons. The number of nitrogens with one attached hydrogen (secondary N) is 2. The number of sulfonamides is 1. The molecule has 0 spiro atoms. The van der Waals surface area contributed by atoms with E-state index in [9.17, 15) is 22.4 Å². The van der Waals surface area contributed by atoms with Gasteiger partial charge in [0.05, 0.1) is 18.0 Å². The van der Waals surface area contributed by atoms with Gasteiger partial charge in [-0.15, -0.1) is 0 Å². The molecule has 1 atom stereocenters. The zero-order valence-corrected chi connectivity index (χ0v) is 17.7. The minimum absolute atomic E-state index is 0.0664. The lowest BCUT2D eigenvalue weighted by molar-refractivity contribution is -0.140. The van der Waals surface area contributed by atoms with Crippen LogP contribution in [-0.4, -0.2) is 55.4 Å². The van der Waals surface area contributed by atoms with E-state index in [2.05, 4.69) is 15.6 Å². The van der Waals surface area contributed by atoms with Crippen molar-refractivity contribution in [2.45, 2.75) is 31.0 Å². The number of pyridine rings is 1. The van der Waals surface area contributed by atoms with Crippen LogP contribution in [0, 0.1) is 12.7 Å². The first kappa shape index (κ1) is 22.8. The second kappa shape index (κ2) is 9.94. The molecule has 31 heavy (non-hydrogen) atoms. The first-order valence-corrected chi connectivity index (χ1v) is 11.1. The van der Waals surface area contributed by atoms with Crippen molar-refractivity contribution >= 4 is 21.8 Å². The molecule has 11 heteroatoms. The van der Waals surface area contributed by atoms with Crippen molar-refractivity contribution in [3.8, 4) is 0 Å². The summed E-state index contributed by atoms with van der Waals surface area (Å²) in [7, 11) is -3.98. The summed E-state index contributed by atoms with van der Waals surface area (Å²) in [6, 6.07) is 6.94. The summed E-state index contributed by atoms with van der Waals surface area (Å²) in [5.74, 6) is -2.26. The van der Waals surface area contributed by atoms with Gasteiger partial charge < -0.3 is 15.4 Å². The minimum Gasteiger partial charge on any atom is -0.360 e. The molecule has 2 heterocycles.